The van der Waals surface area contributed by atoms with Crippen molar-refractivity contribution in [2.24, 2.45) is 0 Å². The summed E-state index contributed by atoms with van der Waals surface area (Å²) in [5.74, 6) is 0.236. The summed E-state index contributed by atoms with van der Waals surface area (Å²) in [6.45, 7) is 0. The van der Waals surface area contributed by atoms with Crippen molar-refractivity contribution in [3.05, 3.63) is 48.3 Å². The molecule has 0 aliphatic rings. The maximum atomic E-state index is 14.0. The van der Waals surface area contributed by atoms with Crippen LogP contribution in [0.1, 0.15) is 0 Å². The molecule has 0 aliphatic heterocycles. The van der Waals surface area contributed by atoms with Crippen molar-refractivity contribution in [2.75, 3.05) is 12.8 Å². The molecule has 0 atom stereocenters. The maximum absolute atomic E-state index is 14.0. The third-order valence-corrected chi connectivity index (χ3v) is 2.98. The average Bonchev–Trinajstić information content (AvgIpc) is 2.96. The van der Waals surface area contributed by atoms with E-state index >= 15 is 0 Å². The summed E-state index contributed by atoms with van der Waals surface area (Å²) in [5, 5.41) is 3.86. The first-order chi connectivity index (χ1) is 10.2. The van der Waals surface area contributed by atoms with Gasteiger partial charge in [-0.3, -0.25) is 0 Å². The summed E-state index contributed by atoms with van der Waals surface area (Å²) < 4.78 is 24.2. The molecule has 21 heavy (non-hydrogen) atoms. The first-order valence-electron chi connectivity index (χ1n) is 6.21. The van der Waals surface area contributed by atoms with Crippen molar-refractivity contribution in [1.29, 1.82) is 0 Å². The molecule has 1 aromatic heterocycles. The van der Waals surface area contributed by atoms with Gasteiger partial charge in [-0.1, -0.05) is 23.4 Å². The highest BCUT2D eigenvalue weighted by molar-refractivity contribution is 5.67. The Morgan fingerprint density at radius 2 is 2.00 bits per heavy atom. The number of aromatic nitrogens is 2. The van der Waals surface area contributed by atoms with Gasteiger partial charge in [0.1, 0.15) is 17.1 Å². The SMILES string of the molecule is COc1cccc(F)c1-c1nc(-c2cccc(N)c2)no1. The summed E-state index contributed by atoms with van der Waals surface area (Å²) in [5.41, 5.74) is 7.14. The second-order valence-electron chi connectivity index (χ2n) is 4.37. The third-order valence-electron chi connectivity index (χ3n) is 2.98. The molecule has 0 aliphatic carbocycles. The van der Waals surface area contributed by atoms with Gasteiger partial charge in [0, 0.05) is 11.3 Å². The van der Waals surface area contributed by atoms with Crippen LogP contribution in [0, 0.1) is 5.82 Å². The minimum absolute atomic E-state index is 0.0578. The molecule has 0 amide bonds. The van der Waals surface area contributed by atoms with E-state index in [1.54, 1.807) is 36.4 Å². The molecule has 0 fully saturated rings. The fourth-order valence-electron chi connectivity index (χ4n) is 2.00. The van der Waals surface area contributed by atoms with E-state index in [9.17, 15) is 4.39 Å². The van der Waals surface area contributed by atoms with Gasteiger partial charge in [0.25, 0.3) is 5.89 Å². The van der Waals surface area contributed by atoms with E-state index in [0.29, 0.717) is 22.8 Å². The van der Waals surface area contributed by atoms with Crippen molar-refractivity contribution >= 4 is 5.69 Å². The van der Waals surface area contributed by atoms with E-state index in [0.717, 1.165) is 0 Å². The van der Waals surface area contributed by atoms with Crippen LogP contribution in [0.25, 0.3) is 22.8 Å². The van der Waals surface area contributed by atoms with E-state index in [4.69, 9.17) is 15.0 Å². The predicted molar refractivity (Wildman–Crippen MR) is 76.1 cm³/mol. The van der Waals surface area contributed by atoms with Gasteiger partial charge in [-0.15, -0.1) is 0 Å². The monoisotopic (exact) mass is 285 g/mol. The van der Waals surface area contributed by atoms with Gasteiger partial charge < -0.3 is 15.0 Å². The molecular formula is C15H12FN3O2. The Labute approximate surface area is 120 Å². The van der Waals surface area contributed by atoms with Crippen LogP contribution in [0.3, 0.4) is 0 Å². The van der Waals surface area contributed by atoms with Crippen molar-refractivity contribution in [3.8, 4) is 28.6 Å². The Morgan fingerprint density at radius 3 is 2.76 bits per heavy atom. The molecule has 0 saturated heterocycles. The van der Waals surface area contributed by atoms with Crippen molar-refractivity contribution < 1.29 is 13.7 Å². The zero-order valence-electron chi connectivity index (χ0n) is 11.2. The van der Waals surface area contributed by atoms with Gasteiger partial charge in [-0.05, 0) is 24.3 Å². The number of nitrogens with two attached hydrogens (primary N) is 1. The first kappa shape index (κ1) is 13.1. The molecule has 0 saturated carbocycles. The average molecular weight is 285 g/mol. The van der Waals surface area contributed by atoms with Gasteiger partial charge in [0.05, 0.1) is 7.11 Å². The predicted octanol–water partition coefficient (Wildman–Crippen LogP) is 3.13. The summed E-state index contributed by atoms with van der Waals surface area (Å²) in [7, 11) is 1.45. The van der Waals surface area contributed by atoms with Gasteiger partial charge in [0.2, 0.25) is 5.82 Å². The number of hydrogen-bond acceptors (Lipinski definition) is 5. The Morgan fingerprint density at radius 1 is 1.19 bits per heavy atom. The molecule has 0 bridgehead atoms. The Hall–Kier alpha value is -2.89. The number of anilines is 1. The quantitative estimate of drug-likeness (QED) is 0.748. The maximum Gasteiger partial charge on any atom is 0.265 e. The zero-order valence-corrected chi connectivity index (χ0v) is 11.2. The summed E-state index contributed by atoms with van der Waals surface area (Å²) >= 11 is 0. The van der Waals surface area contributed by atoms with Gasteiger partial charge in [-0.2, -0.15) is 4.98 Å². The van der Waals surface area contributed by atoms with Crippen molar-refractivity contribution in [1.82, 2.24) is 10.1 Å². The lowest BCUT2D eigenvalue weighted by molar-refractivity contribution is 0.401. The molecule has 2 N–H and O–H groups in total. The Balaban J connectivity index is 2.07. The number of methoxy groups -OCH3 is 1. The van der Waals surface area contributed by atoms with Crippen LogP contribution in [0.2, 0.25) is 0 Å². The lowest BCUT2D eigenvalue weighted by Crippen LogP contribution is -1.92. The van der Waals surface area contributed by atoms with Crippen molar-refractivity contribution in [2.45, 2.75) is 0 Å². The lowest BCUT2D eigenvalue weighted by Gasteiger charge is -2.04. The highest BCUT2D eigenvalue weighted by Crippen LogP contribution is 2.32. The number of benzene rings is 2. The molecule has 0 unspecified atom stereocenters. The molecule has 3 aromatic rings. The second kappa shape index (κ2) is 5.24. The van der Waals surface area contributed by atoms with Crippen LogP contribution in [0.4, 0.5) is 10.1 Å². The van der Waals surface area contributed by atoms with E-state index in [-0.39, 0.29) is 11.5 Å². The molecule has 2 aromatic carbocycles. The molecule has 0 radical (unpaired) electrons. The Kier molecular flexibility index (Phi) is 3.27. The zero-order chi connectivity index (χ0) is 14.8. The smallest absolute Gasteiger partial charge is 0.265 e. The number of halogens is 1. The minimum atomic E-state index is -0.489. The van der Waals surface area contributed by atoms with E-state index in [2.05, 4.69) is 10.1 Å². The summed E-state index contributed by atoms with van der Waals surface area (Å²) in [4.78, 5) is 4.21. The second-order valence-corrected chi connectivity index (χ2v) is 4.37. The van der Waals surface area contributed by atoms with Crippen molar-refractivity contribution in [3.63, 3.8) is 0 Å². The highest BCUT2D eigenvalue weighted by atomic mass is 19.1. The van der Waals surface area contributed by atoms with E-state index < -0.39 is 5.82 Å². The number of nitrogen functional groups attached to an aromatic ring is 1. The Bertz CT molecular complexity index is 786. The molecule has 5 nitrogen and oxygen atoms in total. The van der Waals surface area contributed by atoms with Gasteiger partial charge in [-0.25, -0.2) is 4.39 Å². The first-order valence-corrected chi connectivity index (χ1v) is 6.21. The van der Waals surface area contributed by atoms with Crippen LogP contribution in [0.15, 0.2) is 47.0 Å². The molecule has 3 rings (SSSR count). The van der Waals surface area contributed by atoms with Gasteiger partial charge in [0.15, 0.2) is 0 Å². The number of rotatable bonds is 3. The summed E-state index contributed by atoms with van der Waals surface area (Å²) in [6, 6.07) is 11.5. The van der Waals surface area contributed by atoms with Crippen LogP contribution in [0.5, 0.6) is 5.75 Å². The van der Waals surface area contributed by atoms with Crippen LogP contribution in [-0.4, -0.2) is 17.3 Å². The molecule has 1 heterocycles. The lowest BCUT2D eigenvalue weighted by atomic mass is 10.1. The van der Waals surface area contributed by atoms with Crippen LogP contribution in [-0.2, 0) is 0 Å². The van der Waals surface area contributed by atoms with Crippen LogP contribution < -0.4 is 10.5 Å². The topological polar surface area (TPSA) is 74.2 Å². The van der Waals surface area contributed by atoms with E-state index in [1.807, 2.05) is 0 Å². The standard InChI is InChI=1S/C15H12FN3O2/c1-20-12-7-3-6-11(16)13(12)15-18-14(19-21-15)9-4-2-5-10(17)8-9/h2-8H,17H2,1H3. The molecule has 0 spiro atoms. The normalized spacial score (nSPS) is 10.6. The molecule has 106 valence electrons. The number of nitrogens with zero attached hydrogens (tertiary/aromatic N) is 2. The highest BCUT2D eigenvalue weighted by Gasteiger charge is 2.19. The third kappa shape index (κ3) is 2.43. The summed E-state index contributed by atoms with van der Waals surface area (Å²) in [6.07, 6.45) is 0. The molecular weight excluding hydrogens is 273 g/mol. The fourth-order valence-corrected chi connectivity index (χ4v) is 2.00. The molecule has 6 heteroatoms. The van der Waals surface area contributed by atoms with E-state index in [1.165, 1.54) is 13.2 Å². The number of hydrogen-bond donors (Lipinski definition) is 1. The van der Waals surface area contributed by atoms with Crippen LogP contribution >= 0.6 is 0 Å². The fraction of sp³-hybridized carbons (Fsp3) is 0.0667. The minimum Gasteiger partial charge on any atom is -0.496 e. The largest absolute Gasteiger partial charge is 0.496 e. The van der Waals surface area contributed by atoms with Gasteiger partial charge >= 0.3 is 0 Å². The number of ether oxygens (including phenoxy) is 1.